The normalized spacial score (nSPS) is 10.6. The zero-order valence-corrected chi connectivity index (χ0v) is 8.04. The summed E-state index contributed by atoms with van der Waals surface area (Å²) in [5, 5.41) is 6.91. The lowest BCUT2D eigenvalue weighted by molar-refractivity contribution is 0.199. The van der Waals surface area contributed by atoms with Crippen LogP contribution in [0.25, 0.3) is 0 Å². The Morgan fingerprint density at radius 1 is 1.54 bits per heavy atom. The number of aromatic nitrogens is 2. The first kappa shape index (κ1) is 10.1. The van der Waals surface area contributed by atoms with Crippen molar-refractivity contribution in [3.63, 3.8) is 0 Å². The van der Waals surface area contributed by atoms with Crippen LogP contribution in [0.5, 0.6) is 0 Å². The van der Waals surface area contributed by atoms with Gasteiger partial charge >= 0.3 is 0 Å². The van der Waals surface area contributed by atoms with Crippen molar-refractivity contribution in [3.05, 3.63) is 11.7 Å². The van der Waals surface area contributed by atoms with E-state index in [0.29, 0.717) is 31.3 Å². The third-order valence-electron chi connectivity index (χ3n) is 1.57. The lowest BCUT2D eigenvalue weighted by Crippen LogP contribution is -2.11. The molecule has 5 nitrogen and oxygen atoms in total. The smallest absolute Gasteiger partial charge is 0.240 e. The van der Waals surface area contributed by atoms with E-state index in [2.05, 4.69) is 15.5 Å². The summed E-state index contributed by atoms with van der Waals surface area (Å²) in [5.41, 5.74) is 0. The van der Waals surface area contributed by atoms with E-state index < -0.39 is 0 Å². The van der Waals surface area contributed by atoms with Crippen LogP contribution >= 0.6 is 0 Å². The molecule has 0 atom stereocenters. The molecular formula is C8H15N3O2. The molecule has 0 aliphatic carbocycles. The van der Waals surface area contributed by atoms with E-state index in [9.17, 15) is 0 Å². The van der Waals surface area contributed by atoms with Gasteiger partial charge in [0.2, 0.25) is 5.89 Å². The Bertz CT molecular complexity index is 215. The second-order valence-electron chi connectivity index (χ2n) is 2.63. The van der Waals surface area contributed by atoms with Gasteiger partial charge in [0.05, 0.1) is 13.2 Å². The predicted molar refractivity (Wildman–Crippen MR) is 47.3 cm³/mol. The lowest BCUT2D eigenvalue weighted by atomic mass is 10.4. The summed E-state index contributed by atoms with van der Waals surface area (Å²) in [7, 11) is 1.65. The first-order chi connectivity index (χ1) is 6.36. The second kappa shape index (κ2) is 5.66. The fraction of sp³-hybridized carbons (Fsp3) is 0.750. The Labute approximate surface area is 77.5 Å². The monoisotopic (exact) mass is 185 g/mol. The van der Waals surface area contributed by atoms with Gasteiger partial charge in [-0.05, 0) is 6.54 Å². The van der Waals surface area contributed by atoms with Crippen molar-refractivity contribution in [3.8, 4) is 0 Å². The van der Waals surface area contributed by atoms with Crippen LogP contribution in [0.1, 0.15) is 18.6 Å². The van der Waals surface area contributed by atoms with Crippen LogP contribution in [-0.2, 0) is 17.7 Å². The number of rotatable bonds is 6. The van der Waals surface area contributed by atoms with Crippen LogP contribution in [0.2, 0.25) is 0 Å². The van der Waals surface area contributed by atoms with Crippen LogP contribution in [0.4, 0.5) is 0 Å². The highest BCUT2D eigenvalue weighted by Gasteiger charge is 2.04. The number of nitrogens with zero attached hydrogens (tertiary/aromatic N) is 2. The number of hydrogen-bond donors (Lipinski definition) is 1. The molecule has 1 rings (SSSR count). The molecule has 0 radical (unpaired) electrons. The Kier molecular flexibility index (Phi) is 4.42. The number of ether oxygens (including phenoxy) is 1. The average Bonchev–Trinajstić information content (AvgIpc) is 2.59. The Hall–Kier alpha value is -0.940. The fourth-order valence-corrected chi connectivity index (χ4v) is 0.889. The summed E-state index contributed by atoms with van der Waals surface area (Å²) < 4.78 is 9.88. The van der Waals surface area contributed by atoms with Crippen molar-refractivity contribution in [2.75, 3.05) is 20.3 Å². The summed E-state index contributed by atoms with van der Waals surface area (Å²) in [4.78, 5) is 4.16. The summed E-state index contributed by atoms with van der Waals surface area (Å²) in [6, 6.07) is 0. The Morgan fingerprint density at radius 3 is 3.08 bits per heavy atom. The highest BCUT2D eigenvalue weighted by Crippen LogP contribution is 1.97. The first-order valence-electron chi connectivity index (χ1n) is 4.38. The predicted octanol–water partition coefficient (Wildman–Crippen LogP) is 0.368. The maximum absolute atomic E-state index is 4.98. The van der Waals surface area contributed by atoms with Gasteiger partial charge in [-0.15, -0.1) is 0 Å². The minimum absolute atomic E-state index is 0.625. The molecule has 1 heterocycles. The van der Waals surface area contributed by atoms with Crippen LogP contribution in [0, 0.1) is 0 Å². The maximum Gasteiger partial charge on any atom is 0.240 e. The van der Waals surface area contributed by atoms with Gasteiger partial charge in [0, 0.05) is 13.5 Å². The Morgan fingerprint density at radius 2 is 2.38 bits per heavy atom. The minimum Gasteiger partial charge on any atom is -0.384 e. The molecule has 74 valence electrons. The fourth-order valence-electron chi connectivity index (χ4n) is 0.889. The summed E-state index contributed by atoms with van der Waals surface area (Å²) in [6.07, 6.45) is 0.701. The topological polar surface area (TPSA) is 60.2 Å². The third-order valence-corrected chi connectivity index (χ3v) is 1.57. The van der Waals surface area contributed by atoms with Crippen LogP contribution in [0.15, 0.2) is 4.52 Å². The van der Waals surface area contributed by atoms with E-state index in [1.807, 2.05) is 6.92 Å². The molecule has 0 saturated carbocycles. The van der Waals surface area contributed by atoms with E-state index >= 15 is 0 Å². The zero-order chi connectivity index (χ0) is 9.52. The van der Waals surface area contributed by atoms with E-state index in [1.54, 1.807) is 7.11 Å². The second-order valence-corrected chi connectivity index (χ2v) is 2.63. The molecule has 0 aliphatic rings. The molecule has 0 fully saturated rings. The van der Waals surface area contributed by atoms with E-state index in [1.165, 1.54) is 0 Å². The molecular weight excluding hydrogens is 170 g/mol. The molecule has 0 unspecified atom stereocenters. The van der Waals surface area contributed by atoms with E-state index in [4.69, 9.17) is 9.26 Å². The number of methoxy groups -OCH3 is 1. The maximum atomic E-state index is 4.98. The van der Waals surface area contributed by atoms with Gasteiger partial charge in [0.1, 0.15) is 0 Å². The molecule has 0 bridgehead atoms. The highest BCUT2D eigenvalue weighted by molar-refractivity contribution is 4.85. The summed E-state index contributed by atoms with van der Waals surface area (Å²) in [5.74, 6) is 1.34. The minimum atomic E-state index is 0.625. The molecule has 0 spiro atoms. The first-order valence-corrected chi connectivity index (χ1v) is 4.38. The van der Waals surface area contributed by atoms with Crippen LogP contribution in [-0.4, -0.2) is 30.4 Å². The SMILES string of the molecule is CCNCc1nc(CCOC)no1. The van der Waals surface area contributed by atoms with Gasteiger partial charge in [-0.3, -0.25) is 0 Å². The van der Waals surface area contributed by atoms with Crippen molar-refractivity contribution in [2.45, 2.75) is 19.9 Å². The molecule has 13 heavy (non-hydrogen) atoms. The molecule has 5 heteroatoms. The average molecular weight is 185 g/mol. The van der Waals surface area contributed by atoms with Gasteiger partial charge in [-0.2, -0.15) is 4.98 Å². The molecule has 0 aromatic carbocycles. The Balaban J connectivity index is 2.34. The van der Waals surface area contributed by atoms with Crippen molar-refractivity contribution >= 4 is 0 Å². The van der Waals surface area contributed by atoms with E-state index in [-0.39, 0.29) is 0 Å². The molecule has 0 aliphatic heterocycles. The quantitative estimate of drug-likeness (QED) is 0.693. The lowest BCUT2D eigenvalue weighted by Gasteiger charge is -1.92. The highest BCUT2D eigenvalue weighted by atomic mass is 16.5. The van der Waals surface area contributed by atoms with Crippen molar-refractivity contribution in [1.29, 1.82) is 0 Å². The van der Waals surface area contributed by atoms with Crippen molar-refractivity contribution in [1.82, 2.24) is 15.5 Å². The largest absolute Gasteiger partial charge is 0.384 e. The van der Waals surface area contributed by atoms with Gasteiger partial charge in [0.15, 0.2) is 5.82 Å². The third kappa shape index (κ3) is 3.52. The molecule has 1 N–H and O–H groups in total. The standard InChI is InChI=1S/C8H15N3O2/c1-3-9-6-8-10-7(11-13-8)4-5-12-2/h9H,3-6H2,1-2H3. The van der Waals surface area contributed by atoms with Crippen molar-refractivity contribution < 1.29 is 9.26 Å². The van der Waals surface area contributed by atoms with Gasteiger partial charge in [-0.1, -0.05) is 12.1 Å². The molecule has 0 amide bonds. The van der Waals surface area contributed by atoms with E-state index in [0.717, 1.165) is 6.54 Å². The van der Waals surface area contributed by atoms with Gasteiger partial charge in [0.25, 0.3) is 0 Å². The summed E-state index contributed by atoms with van der Waals surface area (Å²) in [6.45, 7) is 4.19. The van der Waals surface area contributed by atoms with Crippen molar-refractivity contribution in [2.24, 2.45) is 0 Å². The van der Waals surface area contributed by atoms with Gasteiger partial charge < -0.3 is 14.6 Å². The van der Waals surface area contributed by atoms with Gasteiger partial charge in [-0.25, -0.2) is 0 Å². The van der Waals surface area contributed by atoms with Crippen LogP contribution < -0.4 is 5.32 Å². The number of nitrogens with one attached hydrogen (secondary N) is 1. The molecule has 1 aromatic rings. The van der Waals surface area contributed by atoms with Crippen LogP contribution in [0.3, 0.4) is 0 Å². The number of hydrogen-bond acceptors (Lipinski definition) is 5. The summed E-state index contributed by atoms with van der Waals surface area (Å²) >= 11 is 0. The molecule has 1 aromatic heterocycles. The molecule has 0 saturated heterocycles. The zero-order valence-electron chi connectivity index (χ0n) is 8.04.